The molecule has 6 nitrogen and oxygen atoms in total. The van der Waals surface area contributed by atoms with E-state index in [1.807, 2.05) is 78.9 Å². The number of nitrogens with zero attached hydrogens (tertiary/aromatic N) is 2. The van der Waals surface area contributed by atoms with Crippen molar-refractivity contribution in [2.24, 2.45) is 10.2 Å². The van der Waals surface area contributed by atoms with E-state index in [1.165, 1.54) is 0 Å². The van der Waals surface area contributed by atoms with Crippen LogP contribution in [0.4, 0.5) is 11.4 Å². The van der Waals surface area contributed by atoms with Crippen molar-refractivity contribution >= 4 is 69.8 Å². The smallest absolute Gasteiger partial charge is 0.191 e. The molecular formula is C26H22N6S3. The van der Waals surface area contributed by atoms with Gasteiger partial charge in [0.25, 0.3) is 0 Å². The molecule has 4 aromatic rings. The minimum atomic E-state index is 0.433. The number of benzene rings is 3. The topological polar surface area (TPSA) is 72.8 Å². The molecule has 0 aliphatic rings. The molecule has 4 rings (SSSR count). The Morgan fingerprint density at radius 1 is 0.629 bits per heavy atom. The van der Waals surface area contributed by atoms with E-state index >= 15 is 0 Å². The lowest BCUT2D eigenvalue weighted by Crippen LogP contribution is -2.23. The first-order valence-corrected chi connectivity index (χ1v) is 12.3. The Bertz CT molecular complexity index is 1320. The number of anilines is 2. The second-order valence-corrected chi connectivity index (χ2v) is 9.14. The van der Waals surface area contributed by atoms with Crippen LogP contribution in [0.3, 0.4) is 0 Å². The lowest BCUT2D eigenvalue weighted by molar-refractivity contribution is 1.05. The highest BCUT2D eigenvalue weighted by atomic mass is 32.1. The summed E-state index contributed by atoms with van der Waals surface area (Å²) < 4.78 is 0. The van der Waals surface area contributed by atoms with Crippen LogP contribution in [0, 0.1) is 0 Å². The predicted molar refractivity (Wildman–Crippen MR) is 157 cm³/mol. The average Bonchev–Trinajstić information content (AvgIpc) is 3.34. The van der Waals surface area contributed by atoms with Crippen LogP contribution >= 0.6 is 35.8 Å². The van der Waals surface area contributed by atoms with Crippen LogP contribution < -0.4 is 21.5 Å². The van der Waals surface area contributed by atoms with Gasteiger partial charge in [0.1, 0.15) is 0 Å². The Morgan fingerprint density at radius 3 is 1.74 bits per heavy atom. The van der Waals surface area contributed by atoms with E-state index in [-0.39, 0.29) is 0 Å². The molecule has 0 unspecified atom stereocenters. The van der Waals surface area contributed by atoms with Crippen LogP contribution in [0.15, 0.2) is 107 Å². The van der Waals surface area contributed by atoms with E-state index < -0.39 is 0 Å². The molecule has 1 aromatic heterocycles. The molecule has 0 aliphatic heterocycles. The van der Waals surface area contributed by atoms with E-state index in [0.29, 0.717) is 10.2 Å². The summed E-state index contributed by atoms with van der Waals surface area (Å²) in [5.41, 5.74) is 9.57. The van der Waals surface area contributed by atoms with Gasteiger partial charge >= 0.3 is 0 Å². The SMILES string of the molecule is S=C(N/N=C/c1ccc(-c2ccc(/C=N/NC(=S)Nc3ccccc3)s2)cc1)Nc1ccccc1. The number of para-hydroxylation sites is 2. The van der Waals surface area contributed by atoms with Crippen LogP contribution in [-0.2, 0) is 0 Å². The summed E-state index contributed by atoms with van der Waals surface area (Å²) in [6.07, 6.45) is 3.49. The fraction of sp³-hybridized carbons (Fsp3) is 0. The van der Waals surface area contributed by atoms with Gasteiger partial charge in [-0.15, -0.1) is 11.3 Å². The van der Waals surface area contributed by atoms with E-state index in [0.717, 1.165) is 32.3 Å². The van der Waals surface area contributed by atoms with Crippen molar-refractivity contribution in [2.75, 3.05) is 10.6 Å². The van der Waals surface area contributed by atoms with Crippen LogP contribution in [-0.4, -0.2) is 22.7 Å². The molecule has 0 spiro atoms. The van der Waals surface area contributed by atoms with Gasteiger partial charge in [-0.3, -0.25) is 10.9 Å². The molecule has 174 valence electrons. The molecule has 0 bridgehead atoms. The molecule has 0 saturated heterocycles. The quantitative estimate of drug-likeness (QED) is 0.137. The Labute approximate surface area is 218 Å². The van der Waals surface area contributed by atoms with Crippen molar-refractivity contribution in [1.82, 2.24) is 10.9 Å². The van der Waals surface area contributed by atoms with Crippen LogP contribution in [0.25, 0.3) is 10.4 Å². The average molecular weight is 515 g/mol. The van der Waals surface area contributed by atoms with Crippen molar-refractivity contribution < 1.29 is 0 Å². The standard InChI is InChI=1S/C26H22N6S3/c33-25(29-21-7-3-1-4-8-21)31-27-17-19-11-13-20(14-12-19)24-16-15-23(35-24)18-28-32-26(34)30-22-9-5-2-6-10-22/h1-18H,(H2,29,31,33)(H2,30,32,34)/b27-17+,28-18+. The highest BCUT2D eigenvalue weighted by Gasteiger charge is 2.02. The minimum Gasteiger partial charge on any atom is -0.331 e. The highest BCUT2D eigenvalue weighted by Crippen LogP contribution is 2.27. The zero-order valence-corrected chi connectivity index (χ0v) is 21.0. The number of hydrogen-bond acceptors (Lipinski definition) is 5. The number of thiocarbonyl (C=S) groups is 2. The van der Waals surface area contributed by atoms with Gasteiger partial charge in [0.2, 0.25) is 0 Å². The van der Waals surface area contributed by atoms with E-state index in [9.17, 15) is 0 Å². The predicted octanol–water partition coefficient (Wildman–Crippen LogP) is 6.06. The molecule has 4 N–H and O–H groups in total. The van der Waals surface area contributed by atoms with Crippen LogP contribution in [0.2, 0.25) is 0 Å². The second kappa shape index (κ2) is 12.5. The monoisotopic (exact) mass is 514 g/mol. The summed E-state index contributed by atoms with van der Waals surface area (Å²) >= 11 is 12.2. The van der Waals surface area contributed by atoms with Gasteiger partial charge in [0.05, 0.1) is 12.4 Å². The number of rotatable bonds is 7. The zero-order chi connectivity index (χ0) is 24.3. The van der Waals surface area contributed by atoms with Gasteiger partial charge in [-0.05, 0) is 72.0 Å². The maximum atomic E-state index is 5.26. The molecule has 3 aromatic carbocycles. The van der Waals surface area contributed by atoms with Crippen molar-refractivity contribution in [2.45, 2.75) is 0 Å². The fourth-order valence-electron chi connectivity index (χ4n) is 2.99. The largest absolute Gasteiger partial charge is 0.331 e. The third-order valence-electron chi connectivity index (χ3n) is 4.62. The van der Waals surface area contributed by atoms with E-state index in [2.05, 4.69) is 49.9 Å². The van der Waals surface area contributed by atoms with Gasteiger partial charge in [0, 0.05) is 21.1 Å². The Morgan fingerprint density at radius 2 is 1.17 bits per heavy atom. The first-order valence-electron chi connectivity index (χ1n) is 10.7. The van der Waals surface area contributed by atoms with E-state index in [4.69, 9.17) is 24.4 Å². The van der Waals surface area contributed by atoms with Gasteiger partial charge in [-0.25, -0.2) is 0 Å². The van der Waals surface area contributed by atoms with Gasteiger partial charge in [-0.2, -0.15) is 10.2 Å². The van der Waals surface area contributed by atoms with Crippen molar-refractivity contribution in [3.8, 4) is 10.4 Å². The molecule has 0 aliphatic carbocycles. The van der Waals surface area contributed by atoms with E-state index in [1.54, 1.807) is 23.8 Å². The second-order valence-electron chi connectivity index (χ2n) is 7.20. The summed E-state index contributed by atoms with van der Waals surface area (Å²) in [5, 5.41) is 15.5. The maximum absolute atomic E-state index is 5.26. The first-order chi connectivity index (χ1) is 17.2. The summed E-state index contributed by atoms with van der Waals surface area (Å²) in [6, 6.07) is 31.7. The molecule has 0 amide bonds. The van der Waals surface area contributed by atoms with Gasteiger partial charge in [-0.1, -0.05) is 60.7 Å². The molecule has 35 heavy (non-hydrogen) atoms. The molecule has 9 heteroatoms. The highest BCUT2D eigenvalue weighted by molar-refractivity contribution is 7.80. The third kappa shape index (κ3) is 7.82. The summed E-state index contributed by atoms with van der Waals surface area (Å²) in [7, 11) is 0. The number of nitrogens with one attached hydrogen (secondary N) is 4. The first kappa shape index (κ1) is 24.2. The van der Waals surface area contributed by atoms with Gasteiger partial charge < -0.3 is 10.6 Å². The molecule has 0 saturated carbocycles. The maximum Gasteiger partial charge on any atom is 0.191 e. The van der Waals surface area contributed by atoms with Crippen molar-refractivity contribution in [3.05, 3.63) is 108 Å². The zero-order valence-electron chi connectivity index (χ0n) is 18.5. The molecular weight excluding hydrogens is 493 g/mol. The lowest BCUT2D eigenvalue weighted by atomic mass is 10.1. The molecule has 1 heterocycles. The normalized spacial score (nSPS) is 10.9. The van der Waals surface area contributed by atoms with Gasteiger partial charge in [0.15, 0.2) is 10.2 Å². The van der Waals surface area contributed by atoms with Crippen LogP contribution in [0.1, 0.15) is 10.4 Å². The Kier molecular flexibility index (Phi) is 8.66. The minimum absolute atomic E-state index is 0.433. The fourth-order valence-corrected chi connectivity index (χ4v) is 4.22. The molecule has 0 fully saturated rings. The Hall–Kier alpha value is -3.92. The van der Waals surface area contributed by atoms with Crippen LogP contribution in [0.5, 0.6) is 0 Å². The summed E-state index contributed by atoms with van der Waals surface area (Å²) in [4.78, 5) is 2.16. The number of hydrogen-bond donors (Lipinski definition) is 4. The molecule has 0 radical (unpaired) electrons. The number of hydrazone groups is 2. The van der Waals surface area contributed by atoms with Crippen molar-refractivity contribution in [3.63, 3.8) is 0 Å². The Balaban J connectivity index is 1.26. The van der Waals surface area contributed by atoms with Crippen molar-refractivity contribution in [1.29, 1.82) is 0 Å². The summed E-state index contributed by atoms with van der Waals surface area (Å²) in [6.45, 7) is 0. The third-order valence-corrected chi connectivity index (χ3v) is 6.08. The lowest BCUT2D eigenvalue weighted by Gasteiger charge is -2.06. The molecule has 0 atom stereocenters. The summed E-state index contributed by atoms with van der Waals surface area (Å²) in [5.74, 6) is 0. The number of thiophene rings is 1.